The Labute approximate surface area is 704 Å². The summed E-state index contributed by atoms with van der Waals surface area (Å²) in [6, 6.07) is 170. The molecule has 0 atom stereocenters. The third kappa shape index (κ3) is 12.3. The lowest BCUT2D eigenvalue weighted by Gasteiger charge is -2.34. The summed E-state index contributed by atoms with van der Waals surface area (Å²) in [5.74, 6) is 0. The third-order valence-corrected chi connectivity index (χ3v) is 29.6. The first-order valence-electron chi connectivity index (χ1n) is 41.9. The molecule has 0 N–H and O–H groups in total. The van der Waals surface area contributed by atoms with E-state index in [9.17, 15) is 0 Å². The topological polar surface area (TPSA) is 19.7 Å². The molecule has 0 unspecified atom stereocenters. The lowest BCUT2D eigenvalue weighted by molar-refractivity contribution is 1.17. The van der Waals surface area contributed by atoms with Gasteiger partial charge in [-0.05, 0) is 188 Å². The molecule has 0 saturated heterocycles. The SMILES string of the molecule is Cc1ccc2c(c1)c1cc(C)ccc1n2-c1ccc2c(c1)c1ccccc1n2-c1c(-c2ccccc2)cc(-c2ccccc2)cc1-c1ccccc1.c1ccc(-c2cc(-c3ccccc3)c(-n3c4ccccc4c4cc(-n5c6ccccc6c6ccc([Si](c7ccccc7)(c7ccccc7)c7ccccc7)cc65)ccc43)c(-c3ccccc3)c2)cc1. The second kappa shape index (κ2) is 30.3. The summed E-state index contributed by atoms with van der Waals surface area (Å²) in [6.45, 7) is 4.36. The molecule has 4 aromatic heterocycles. The first-order valence-corrected chi connectivity index (χ1v) is 43.9. The number of benzene rings is 19. The standard InChI is InChI=1S/C66H46N2Si.C50H36N2/c1-7-23-47(24-8-1)50-43-59(48-25-9-2-10-26-48)66(60(44-50)49-27-11-3-12-28-49)68-63-38-22-20-36-57(63)61-45-51(39-42-64(61)68)67-62-37-21-19-35-56(62)58-41-40-55(46-65(58)67)69(52-29-13-4-14-30-52,53-31-15-5-16-32-53)54-33-17-6-18-34-54;1-33-22-25-47-43(28-33)44-29-34(2)23-26-48(44)51(47)39-24-27-49-45(32-39)40-20-12-13-21-46(40)52(49)50-41(36-16-8-4-9-17-36)30-38(35-14-6-3-7-15-35)31-42(50)37-18-10-5-11-19-37/h1-46H;3-32H,1-2H3. The van der Waals surface area contributed by atoms with Crippen molar-refractivity contribution in [1.82, 2.24) is 18.3 Å². The number of hydrogen-bond donors (Lipinski definition) is 0. The molecule has 0 aliphatic rings. The van der Waals surface area contributed by atoms with Crippen LogP contribution in [-0.2, 0) is 0 Å². The van der Waals surface area contributed by atoms with Crippen LogP contribution in [0.4, 0.5) is 0 Å². The van der Waals surface area contributed by atoms with E-state index in [1.165, 1.54) is 186 Å². The highest BCUT2D eigenvalue weighted by atomic mass is 28.3. The second-order valence-electron chi connectivity index (χ2n) is 32.0. The van der Waals surface area contributed by atoms with E-state index in [1.54, 1.807) is 0 Å². The summed E-state index contributed by atoms with van der Waals surface area (Å²) in [5, 5.41) is 15.4. The maximum absolute atomic E-state index is 2.81. The van der Waals surface area contributed by atoms with Crippen LogP contribution in [0.3, 0.4) is 0 Å². The Hall–Kier alpha value is -15.4. The van der Waals surface area contributed by atoms with Crippen LogP contribution in [-0.4, -0.2) is 26.3 Å². The molecule has 570 valence electrons. The van der Waals surface area contributed by atoms with Gasteiger partial charge in [-0.1, -0.05) is 363 Å². The highest BCUT2D eigenvalue weighted by molar-refractivity contribution is 7.20. The maximum Gasteiger partial charge on any atom is 0.179 e. The van der Waals surface area contributed by atoms with Crippen molar-refractivity contribution in [3.8, 4) is 89.5 Å². The summed E-state index contributed by atoms with van der Waals surface area (Å²) in [7, 11) is -2.81. The number of fused-ring (bicyclic) bond motifs is 12. The Bertz CT molecular complexity index is 7570. The Balaban J connectivity index is 0.000000151. The maximum atomic E-state index is 2.53. The van der Waals surface area contributed by atoms with Gasteiger partial charge in [0.2, 0.25) is 0 Å². The summed E-state index contributed by atoms with van der Waals surface area (Å²) < 4.78 is 9.98. The minimum absolute atomic E-state index is 1.13. The molecule has 0 bridgehead atoms. The Morgan fingerprint density at radius 1 is 0.157 bits per heavy atom. The normalized spacial score (nSPS) is 11.7. The monoisotopic (exact) mass is 1560 g/mol. The van der Waals surface area contributed by atoms with Gasteiger partial charge in [-0.15, -0.1) is 0 Å². The van der Waals surface area contributed by atoms with Gasteiger partial charge in [-0.25, -0.2) is 0 Å². The van der Waals surface area contributed by atoms with Crippen LogP contribution in [0.1, 0.15) is 11.1 Å². The second-order valence-corrected chi connectivity index (χ2v) is 35.8. The van der Waals surface area contributed by atoms with Gasteiger partial charge in [0.05, 0.1) is 55.5 Å². The molecule has 5 heteroatoms. The third-order valence-electron chi connectivity index (χ3n) is 24.9. The van der Waals surface area contributed by atoms with Crippen molar-refractivity contribution in [1.29, 1.82) is 0 Å². The van der Waals surface area contributed by atoms with Crippen LogP contribution < -0.4 is 20.7 Å². The first-order chi connectivity index (χ1) is 59.9. The van der Waals surface area contributed by atoms with E-state index in [2.05, 4.69) is 493 Å². The van der Waals surface area contributed by atoms with Crippen molar-refractivity contribution in [3.63, 3.8) is 0 Å². The zero-order valence-electron chi connectivity index (χ0n) is 67.2. The highest BCUT2D eigenvalue weighted by Crippen LogP contribution is 2.48. The molecule has 0 fully saturated rings. The summed E-state index contributed by atoms with van der Waals surface area (Å²) >= 11 is 0. The molecule has 0 saturated carbocycles. The van der Waals surface area contributed by atoms with E-state index in [-0.39, 0.29) is 0 Å². The lowest BCUT2D eigenvalue weighted by atomic mass is 9.90. The van der Waals surface area contributed by atoms with Gasteiger partial charge in [0.25, 0.3) is 0 Å². The van der Waals surface area contributed by atoms with E-state index < -0.39 is 8.07 Å². The lowest BCUT2D eigenvalue weighted by Crippen LogP contribution is -2.74. The Kier molecular flexibility index (Phi) is 18.0. The summed E-state index contributed by atoms with van der Waals surface area (Å²) in [4.78, 5) is 0. The average molecular weight is 1560 g/mol. The van der Waals surface area contributed by atoms with Gasteiger partial charge >= 0.3 is 0 Å². The molecule has 19 aromatic carbocycles. The molecule has 121 heavy (non-hydrogen) atoms. The van der Waals surface area contributed by atoms with Gasteiger partial charge in [0.1, 0.15) is 0 Å². The quantitative estimate of drug-likeness (QED) is 0.0764. The van der Waals surface area contributed by atoms with E-state index in [1.807, 2.05) is 0 Å². The molecule has 0 spiro atoms. The van der Waals surface area contributed by atoms with Crippen molar-refractivity contribution in [2.75, 3.05) is 0 Å². The zero-order valence-corrected chi connectivity index (χ0v) is 68.2. The van der Waals surface area contributed by atoms with Crippen LogP contribution in [0.2, 0.25) is 0 Å². The molecule has 0 aliphatic carbocycles. The number of nitrogens with zero attached hydrogens (tertiary/aromatic N) is 4. The van der Waals surface area contributed by atoms with Gasteiger partial charge < -0.3 is 18.3 Å². The fourth-order valence-electron chi connectivity index (χ4n) is 19.5. The minimum atomic E-state index is -2.81. The summed E-state index contributed by atoms with van der Waals surface area (Å²) in [5.41, 5.74) is 31.0. The van der Waals surface area contributed by atoms with E-state index in [4.69, 9.17) is 0 Å². The van der Waals surface area contributed by atoms with Crippen molar-refractivity contribution < 1.29 is 0 Å². The molecule has 0 aliphatic heterocycles. The molecular formula is C116H82N4Si. The van der Waals surface area contributed by atoms with E-state index in [0.717, 1.165) is 22.6 Å². The smallest absolute Gasteiger partial charge is 0.179 e. The number of hydrogen-bond acceptors (Lipinski definition) is 0. The summed E-state index contributed by atoms with van der Waals surface area (Å²) in [6.07, 6.45) is 0. The fourth-order valence-corrected chi connectivity index (χ4v) is 24.2. The van der Waals surface area contributed by atoms with Gasteiger partial charge in [0, 0.05) is 76.7 Å². The highest BCUT2D eigenvalue weighted by Gasteiger charge is 2.42. The predicted molar refractivity (Wildman–Crippen MR) is 516 cm³/mol. The fraction of sp³-hybridized carbons (Fsp3) is 0.0172. The van der Waals surface area contributed by atoms with Crippen LogP contribution in [0.25, 0.3) is 177 Å². The number of aromatic nitrogens is 4. The van der Waals surface area contributed by atoms with Gasteiger partial charge in [-0.2, -0.15) is 0 Å². The van der Waals surface area contributed by atoms with E-state index >= 15 is 0 Å². The molecule has 0 amide bonds. The van der Waals surface area contributed by atoms with Gasteiger partial charge in [0.15, 0.2) is 8.07 Å². The Morgan fingerprint density at radius 2 is 0.413 bits per heavy atom. The zero-order chi connectivity index (χ0) is 80.5. The molecule has 23 aromatic rings. The van der Waals surface area contributed by atoms with Crippen molar-refractivity contribution in [3.05, 3.63) is 472 Å². The molecular weight excluding hydrogens is 1480 g/mol. The number of aryl methyl sites for hydroxylation is 2. The van der Waals surface area contributed by atoms with E-state index in [0.29, 0.717) is 0 Å². The minimum Gasteiger partial charge on any atom is -0.309 e. The molecule has 23 rings (SSSR count). The van der Waals surface area contributed by atoms with Crippen LogP contribution in [0, 0.1) is 13.8 Å². The van der Waals surface area contributed by atoms with Crippen molar-refractivity contribution in [2.24, 2.45) is 0 Å². The molecule has 0 radical (unpaired) electrons. The van der Waals surface area contributed by atoms with Crippen molar-refractivity contribution in [2.45, 2.75) is 13.8 Å². The molecule has 4 heterocycles. The first kappa shape index (κ1) is 72.1. The Morgan fingerprint density at radius 3 is 0.769 bits per heavy atom. The number of para-hydroxylation sites is 3. The largest absolute Gasteiger partial charge is 0.309 e. The number of rotatable bonds is 14. The molecule has 4 nitrogen and oxygen atoms in total. The van der Waals surface area contributed by atoms with Gasteiger partial charge in [-0.3, -0.25) is 0 Å². The predicted octanol–water partition coefficient (Wildman–Crippen LogP) is 27.8. The van der Waals surface area contributed by atoms with Crippen LogP contribution in [0.15, 0.2) is 461 Å². The van der Waals surface area contributed by atoms with Crippen LogP contribution >= 0.6 is 0 Å². The van der Waals surface area contributed by atoms with Crippen molar-refractivity contribution >= 4 is 116 Å². The van der Waals surface area contributed by atoms with Crippen LogP contribution in [0.5, 0.6) is 0 Å². The average Bonchev–Trinajstić information content (AvgIpc) is 1.65.